The fourth-order valence-corrected chi connectivity index (χ4v) is 3.03. The molecule has 0 radical (unpaired) electrons. The minimum Gasteiger partial charge on any atom is -0.436 e. The summed E-state index contributed by atoms with van der Waals surface area (Å²) in [5.41, 5.74) is 5.01. The topological polar surface area (TPSA) is 119 Å². The molecule has 0 saturated heterocycles. The van der Waals surface area contributed by atoms with Gasteiger partial charge in [0.1, 0.15) is 5.41 Å². The fourth-order valence-electron chi connectivity index (χ4n) is 2.90. The molecule has 0 atom stereocenters. The number of aromatic nitrogens is 2. The summed E-state index contributed by atoms with van der Waals surface area (Å²) in [5, 5.41) is 5.85. The Hall–Kier alpha value is -3.72. The number of nitrogens with one attached hydrogen (secondary N) is 2. The van der Waals surface area contributed by atoms with Crippen molar-refractivity contribution in [2.24, 2.45) is 5.41 Å². The van der Waals surface area contributed by atoms with Crippen LogP contribution in [0.3, 0.4) is 0 Å². The van der Waals surface area contributed by atoms with Crippen molar-refractivity contribution in [3.05, 3.63) is 65.6 Å². The van der Waals surface area contributed by atoms with Gasteiger partial charge in [-0.1, -0.05) is 11.6 Å². The maximum Gasteiger partial charge on any atom is 0.240 e. The highest BCUT2D eigenvalue weighted by atomic mass is 35.5. The van der Waals surface area contributed by atoms with Crippen LogP contribution in [0.2, 0.25) is 5.02 Å². The second-order valence-corrected chi connectivity index (χ2v) is 7.43. The van der Waals surface area contributed by atoms with E-state index in [-0.39, 0.29) is 23.3 Å². The third-order valence-corrected chi connectivity index (χ3v) is 5.03. The molecule has 1 aliphatic carbocycles. The molecule has 0 bridgehead atoms. The van der Waals surface area contributed by atoms with Gasteiger partial charge < -0.3 is 21.1 Å². The summed E-state index contributed by atoms with van der Waals surface area (Å²) in [5.74, 6) is -1.67. The van der Waals surface area contributed by atoms with Gasteiger partial charge in [-0.3, -0.25) is 9.59 Å². The number of amides is 2. The van der Waals surface area contributed by atoms with Crippen LogP contribution in [0.1, 0.15) is 12.8 Å². The molecule has 0 spiro atoms. The number of nitrogen functional groups attached to an aromatic ring is 1. The molecule has 1 heterocycles. The Morgan fingerprint density at radius 3 is 2.29 bits per heavy atom. The Balaban J connectivity index is 1.42. The predicted molar refractivity (Wildman–Crippen MR) is 113 cm³/mol. The van der Waals surface area contributed by atoms with Gasteiger partial charge in [-0.2, -0.15) is 4.98 Å². The third-order valence-electron chi connectivity index (χ3n) is 4.77. The summed E-state index contributed by atoms with van der Waals surface area (Å²) >= 11 is 5.84. The molecule has 2 aromatic carbocycles. The van der Waals surface area contributed by atoms with Crippen molar-refractivity contribution in [2.75, 3.05) is 16.4 Å². The lowest BCUT2D eigenvalue weighted by molar-refractivity contribution is -0.131. The summed E-state index contributed by atoms with van der Waals surface area (Å²) < 4.78 is 19.8. The summed E-state index contributed by atoms with van der Waals surface area (Å²) in [7, 11) is 0. The zero-order valence-corrected chi connectivity index (χ0v) is 16.8. The van der Waals surface area contributed by atoms with E-state index in [0.29, 0.717) is 23.6 Å². The average molecular weight is 442 g/mol. The molecule has 1 aromatic heterocycles. The lowest BCUT2D eigenvalue weighted by atomic mass is 10.0. The average Bonchev–Trinajstić information content (AvgIpc) is 3.54. The zero-order valence-electron chi connectivity index (χ0n) is 16.1. The number of carbonyl (C=O) groups excluding carboxylic acids is 2. The van der Waals surface area contributed by atoms with E-state index in [1.54, 1.807) is 24.3 Å². The molecule has 31 heavy (non-hydrogen) atoms. The van der Waals surface area contributed by atoms with E-state index in [4.69, 9.17) is 22.1 Å². The first-order valence-electron chi connectivity index (χ1n) is 9.30. The molecule has 158 valence electrons. The van der Waals surface area contributed by atoms with Gasteiger partial charge in [0.15, 0.2) is 11.6 Å². The Bertz CT molecular complexity index is 1150. The number of nitrogens with zero attached hydrogens (tertiary/aromatic N) is 2. The summed E-state index contributed by atoms with van der Waals surface area (Å²) in [6, 6.07) is 11.9. The van der Waals surface area contributed by atoms with Crippen LogP contribution in [-0.4, -0.2) is 21.8 Å². The van der Waals surface area contributed by atoms with Gasteiger partial charge in [0.2, 0.25) is 23.6 Å². The van der Waals surface area contributed by atoms with Gasteiger partial charge in [0.05, 0.1) is 0 Å². The van der Waals surface area contributed by atoms with Crippen LogP contribution in [0.5, 0.6) is 11.6 Å². The molecule has 4 N–H and O–H groups in total. The van der Waals surface area contributed by atoms with Gasteiger partial charge in [-0.15, -0.1) is 0 Å². The number of rotatable bonds is 6. The lowest BCUT2D eigenvalue weighted by Gasteiger charge is -2.16. The molecule has 3 aromatic rings. The van der Waals surface area contributed by atoms with Crippen LogP contribution < -0.4 is 21.1 Å². The van der Waals surface area contributed by atoms with Crippen molar-refractivity contribution in [2.45, 2.75) is 12.8 Å². The van der Waals surface area contributed by atoms with Crippen LogP contribution in [0.25, 0.3) is 0 Å². The van der Waals surface area contributed by atoms with Crippen LogP contribution in [0.15, 0.2) is 54.7 Å². The molecule has 0 aliphatic heterocycles. The van der Waals surface area contributed by atoms with E-state index in [2.05, 4.69) is 20.6 Å². The van der Waals surface area contributed by atoms with Crippen molar-refractivity contribution in [3.8, 4) is 11.6 Å². The van der Waals surface area contributed by atoms with Gasteiger partial charge >= 0.3 is 0 Å². The Kier molecular flexibility index (Phi) is 5.43. The Morgan fingerprint density at radius 1 is 1.03 bits per heavy atom. The summed E-state index contributed by atoms with van der Waals surface area (Å²) in [6.45, 7) is 0. The quantitative estimate of drug-likeness (QED) is 0.497. The van der Waals surface area contributed by atoms with Crippen LogP contribution in [-0.2, 0) is 9.59 Å². The molecule has 4 rings (SSSR count). The van der Waals surface area contributed by atoms with E-state index in [1.807, 2.05) is 0 Å². The van der Waals surface area contributed by atoms with E-state index >= 15 is 0 Å². The van der Waals surface area contributed by atoms with Crippen molar-refractivity contribution < 1.29 is 18.7 Å². The molecule has 10 heteroatoms. The molecule has 2 amide bonds. The number of benzene rings is 2. The summed E-state index contributed by atoms with van der Waals surface area (Å²) in [6.07, 6.45) is 2.18. The third kappa shape index (κ3) is 4.56. The first-order chi connectivity index (χ1) is 14.9. The number of hydrogen-bond donors (Lipinski definition) is 3. The molecule has 0 unspecified atom stereocenters. The highest BCUT2D eigenvalue weighted by Crippen LogP contribution is 2.47. The maximum atomic E-state index is 14.4. The van der Waals surface area contributed by atoms with Gasteiger partial charge in [0, 0.05) is 34.7 Å². The maximum absolute atomic E-state index is 14.4. The van der Waals surface area contributed by atoms with E-state index < -0.39 is 23.0 Å². The monoisotopic (exact) mass is 441 g/mol. The largest absolute Gasteiger partial charge is 0.436 e. The lowest BCUT2D eigenvalue weighted by Crippen LogP contribution is -2.35. The standard InChI is InChI=1S/C21H17ClFN5O3/c22-12-1-3-13(4-2-12)26-18(29)21(8-9-21)19(30)27-14-5-6-16(15(23)11-14)31-17-7-10-25-20(24)28-17/h1-7,10-11H,8-9H2,(H,26,29)(H,27,30)(H2,24,25,28). The SMILES string of the molecule is Nc1nccc(Oc2ccc(NC(=O)C3(C(=O)Nc4ccc(Cl)cc4)CC3)cc2F)n1. The van der Waals surface area contributed by atoms with Gasteiger partial charge in [-0.05, 0) is 49.2 Å². The molecule has 1 fully saturated rings. The van der Waals surface area contributed by atoms with Crippen LogP contribution in [0.4, 0.5) is 21.7 Å². The van der Waals surface area contributed by atoms with Gasteiger partial charge in [0.25, 0.3) is 0 Å². The van der Waals surface area contributed by atoms with Gasteiger partial charge in [-0.25, -0.2) is 9.37 Å². The number of hydrogen-bond acceptors (Lipinski definition) is 6. The highest BCUT2D eigenvalue weighted by Gasteiger charge is 2.56. The van der Waals surface area contributed by atoms with Crippen molar-refractivity contribution in [1.82, 2.24) is 9.97 Å². The predicted octanol–water partition coefficient (Wildman–Crippen LogP) is 4.00. The first kappa shape index (κ1) is 20.5. The Labute approximate surface area is 181 Å². The number of anilines is 3. The zero-order chi connectivity index (χ0) is 22.0. The minimum atomic E-state index is -1.19. The van der Waals surface area contributed by atoms with Crippen molar-refractivity contribution >= 4 is 40.7 Å². The molecule has 1 aliphatic rings. The summed E-state index contributed by atoms with van der Waals surface area (Å²) in [4.78, 5) is 32.9. The molecular weight excluding hydrogens is 425 g/mol. The van der Waals surface area contributed by atoms with E-state index in [9.17, 15) is 14.0 Å². The number of halogens is 2. The Morgan fingerprint density at radius 2 is 1.68 bits per heavy atom. The number of ether oxygens (including phenoxy) is 1. The van der Waals surface area contributed by atoms with Crippen molar-refractivity contribution in [3.63, 3.8) is 0 Å². The number of nitrogens with two attached hydrogens (primary N) is 1. The highest BCUT2D eigenvalue weighted by molar-refractivity contribution is 6.30. The van der Waals surface area contributed by atoms with Crippen molar-refractivity contribution in [1.29, 1.82) is 0 Å². The smallest absolute Gasteiger partial charge is 0.240 e. The van der Waals surface area contributed by atoms with E-state index in [0.717, 1.165) is 6.07 Å². The molecule has 8 nitrogen and oxygen atoms in total. The second-order valence-electron chi connectivity index (χ2n) is 7.00. The van der Waals surface area contributed by atoms with Crippen LogP contribution in [0, 0.1) is 11.2 Å². The minimum absolute atomic E-state index is 0.00611. The normalized spacial score (nSPS) is 13.9. The molecule has 1 saturated carbocycles. The second kappa shape index (κ2) is 8.19. The first-order valence-corrected chi connectivity index (χ1v) is 9.68. The molecular formula is C21H17ClFN5O3. The number of carbonyl (C=O) groups is 2. The van der Waals surface area contributed by atoms with Crippen LogP contribution >= 0.6 is 11.6 Å². The fraction of sp³-hybridized carbons (Fsp3) is 0.143. The van der Waals surface area contributed by atoms with E-state index in [1.165, 1.54) is 24.4 Å².